The van der Waals surface area contributed by atoms with E-state index < -0.39 is 0 Å². The van der Waals surface area contributed by atoms with E-state index in [0.717, 1.165) is 0 Å². The number of hydrogen-bond donors (Lipinski definition) is 0. The van der Waals surface area contributed by atoms with Crippen molar-refractivity contribution in [3.63, 3.8) is 0 Å². The van der Waals surface area contributed by atoms with E-state index in [2.05, 4.69) is 48.1 Å². The monoisotopic (exact) mass is 269 g/mol. The summed E-state index contributed by atoms with van der Waals surface area (Å²) in [5.41, 5.74) is 5.11. The Labute approximate surface area is 121 Å². The third kappa shape index (κ3) is 2.38. The maximum absolute atomic E-state index is 4.32. The van der Waals surface area contributed by atoms with Crippen molar-refractivity contribution in [2.75, 3.05) is 13.1 Å². The fourth-order valence-corrected chi connectivity index (χ4v) is 3.06. The SMILES string of the molecule is Cc1c(-c2ccc(C(C)N3CCCC3)cc2)cnn1C. The Morgan fingerprint density at radius 1 is 1.10 bits per heavy atom. The molecule has 1 aliphatic heterocycles. The first-order valence-corrected chi connectivity index (χ1v) is 7.50. The summed E-state index contributed by atoms with van der Waals surface area (Å²) in [7, 11) is 1.99. The molecule has 0 amide bonds. The Balaban J connectivity index is 1.82. The average molecular weight is 269 g/mol. The highest BCUT2D eigenvalue weighted by molar-refractivity contribution is 5.65. The second-order valence-electron chi connectivity index (χ2n) is 5.81. The van der Waals surface area contributed by atoms with Gasteiger partial charge in [-0.25, -0.2) is 0 Å². The number of hydrogen-bond acceptors (Lipinski definition) is 2. The summed E-state index contributed by atoms with van der Waals surface area (Å²) in [5.74, 6) is 0. The van der Waals surface area contributed by atoms with Crippen molar-refractivity contribution in [1.82, 2.24) is 14.7 Å². The molecule has 3 nitrogen and oxygen atoms in total. The first-order chi connectivity index (χ1) is 9.66. The Morgan fingerprint density at radius 3 is 2.30 bits per heavy atom. The summed E-state index contributed by atoms with van der Waals surface area (Å²) in [4.78, 5) is 2.57. The number of likely N-dealkylation sites (tertiary alicyclic amines) is 1. The first-order valence-electron chi connectivity index (χ1n) is 7.50. The maximum Gasteiger partial charge on any atom is 0.0571 e. The van der Waals surface area contributed by atoms with Gasteiger partial charge in [-0.15, -0.1) is 0 Å². The van der Waals surface area contributed by atoms with E-state index in [-0.39, 0.29) is 0 Å². The number of benzene rings is 1. The van der Waals surface area contributed by atoms with Crippen LogP contribution in [0.5, 0.6) is 0 Å². The van der Waals surface area contributed by atoms with Crippen LogP contribution in [0.15, 0.2) is 30.5 Å². The minimum absolute atomic E-state index is 0.529. The van der Waals surface area contributed by atoms with Crippen LogP contribution in [0.25, 0.3) is 11.1 Å². The Hall–Kier alpha value is -1.61. The van der Waals surface area contributed by atoms with Gasteiger partial charge in [0.15, 0.2) is 0 Å². The minimum Gasteiger partial charge on any atom is -0.297 e. The molecule has 0 bridgehead atoms. The van der Waals surface area contributed by atoms with Crippen molar-refractivity contribution in [2.45, 2.75) is 32.7 Å². The van der Waals surface area contributed by atoms with Gasteiger partial charge in [-0.3, -0.25) is 9.58 Å². The summed E-state index contributed by atoms with van der Waals surface area (Å²) >= 11 is 0. The van der Waals surface area contributed by atoms with Crippen LogP contribution in [0.1, 0.15) is 37.1 Å². The third-order valence-corrected chi connectivity index (χ3v) is 4.63. The van der Waals surface area contributed by atoms with Crippen LogP contribution in [0.3, 0.4) is 0 Å². The van der Waals surface area contributed by atoms with E-state index in [9.17, 15) is 0 Å². The fourth-order valence-electron chi connectivity index (χ4n) is 3.06. The second kappa shape index (κ2) is 5.41. The van der Waals surface area contributed by atoms with Crippen LogP contribution < -0.4 is 0 Å². The van der Waals surface area contributed by atoms with Gasteiger partial charge in [0.1, 0.15) is 0 Å². The summed E-state index contributed by atoms with van der Waals surface area (Å²) in [6, 6.07) is 9.52. The van der Waals surface area contributed by atoms with Crippen LogP contribution in [-0.4, -0.2) is 27.8 Å². The molecule has 2 aromatic rings. The topological polar surface area (TPSA) is 21.1 Å². The molecule has 1 unspecified atom stereocenters. The second-order valence-corrected chi connectivity index (χ2v) is 5.81. The number of aromatic nitrogens is 2. The highest BCUT2D eigenvalue weighted by atomic mass is 15.3. The van der Waals surface area contributed by atoms with Gasteiger partial charge in [-0.2, -0.15) is 5.10 Å². The molecule has 0 spiro atoms. The van der Waals surface area contributed by atoms with Crippen molar-refractivity contribution in [3.05, 3.63) is 41.7 Å². The standard InChI is InChI=1S/C17H23N3/c1-13(20-10-4-5-11-20)15-6-8-16(9-7-15)17-12-18-19(3)14(17)2/h6-9,12-13H,4-5,10-11H2,1-3H3. The lowest BCUT2D eigenvalue weighted by atomic mass is 10.0. The smallest absolute Gasteiger partial charge is 0.0571 e. The van der Waals surface area contributed by atoms with Crippen molar-refractivity contribution in [2.24, 2.45) is 7.05 Å². The van der Waals surface area contributed by atoms with E-state index in [1.54, 1.807) is 0 Å². The third-order valence-electron chi connectivity index (χ3n) is 4.63. The van der Waals surface area contributed by atoms with Gasteiger partial charge < -0.3 is 0 Å². The highest BCUT2D eigenvalue weighted by Crippen LogP contribution is 2.28. The van der Waals surface area contributed by atoms with E-state index >= 15 is 0 Å². The molecule has 1 aromatic heterocycles. The van der Waals surface area contributed by atoms with Gasteiger partial charge in [-0.1, -0.05) is 24.3 Å². The molecule has 0 radical (unpaired) electrons. The largest absolute Gasteiger partial charge is 0.297 e. The summed E-state index contributed by atoms with van der Waals surface area (Å²) in [6.07, 6.45) is 4.64. The normalized spacial score (nSPS) is 17.6. The zero-order valence-corrected chi connectivity index (χ0v) is 12.6. The van der Waals surface area contributed by atoms with Crippen molar-refractivity contribution < 1.29 is 0 Å². The minimum atomic E-state index is 0.529. The molecular weight excluding hydrogens is 246 g/mol. The average Bonchev–Trinajstić information content (AvgIpc) is 3.10. The van der Waals surface area contributed by atoms with Crippen LogP contribution in [0.2, 0.25) is 0 Å². The quantitative estimate of drug-likeness (QED) is 0.849. The summed E-state index contributed by atoms with van der Waals surface area (Å²) in [5, 5.41) is 4.32. The zero-order chi connectivity index (χ0) is 14.1. The Kier molecular flexibility index (Phi) is 3.62. The first kappa shape index (κ1) is 13.4. The van der Waals surface area contributed by atoms with Gasteiger partial charge in [0.2, 0.25) is 0 Å². The molecule has 0 saturated carbocycles. The van der Waals surface area contributed by atoms with Gasteiger partial charge in [0, 0.05) is 24.3 Å². The molecule has 3 heteroatoms. The van der Waals surface area contributed by atoms with Gasteiger partial charge in [0.05, 0.1) is 6.20 Å². The summed E-state index contributed by atoms with van der Waals surface area (Å²) < 4.78 is 1.93. The van der Waals surface area contributed by atoms with Gasteiger partial charge in [-0.05, 0) is 50.9 Å². The lowest BCUT2D eigenvalue weighted by Crippen LogP contribution is -2.23. The van der Waals surface area contributed by atoms with Crippen LogP contribution in [0, 0.1) is 6.92 Å². The fraction of sp³-hybridized carbons (Fsp3) is 0.471. The molecule has 20 heavy (non-hydrogen) atoms. The van der Waals surface area contributed by atoms with Gasteiger partial charge in [0.25, 0.3) is 0 Å². The predicted octanol–water partition coefficient (Wildman–Crippen LogP) is 3.55. The molecule has 106 valence electrons. The van der Waals surface area contributed by atoms with Crippen molar-refractivity contribution in [1.29, 1.82) is 0 Å². The van der Waals surface area contributed by atoms with Crippen LogP contribution >= 0.6 is 0 Å². The van der Waals surface area contributed by atoms with Crippen molar-refractivity contribution >= 4 is 0 Å². The summed E-state index contributed by atoms with van der Waals surface area (Å²) in [6.45, 7) is 6.91. The maximum atomic E-state index is 4.32. The molecule has 1 fully saturated rings. The predicted molar refractivity (Wildman–Crippen MR) is 82.6 cm³/mol. The van der Waals surface area contributed by atoms with Gasteiger partial charge >= 0.3 is 0 Å². The van der Waals surface area contributed by atoms with E-state index in [1.807, 2.05) is 17.9 Å². The molecule has 1 aromatic carbocycles. The molecule has 2 heterocycles. The highest BCUT2D eigenvalue weighted by Gasteiger charge is 2.19. The molecule has 0 N–H and O–H groups in total. The number of nitrogens with zero attached hydrogens (tertiary/aromatic N) is 3. The molecule has 0 aliphatic carbocycles. The molecule has 1 atom stereocenters. The number of rotatable bonds is 3. The molecule has 1 aliphatic rings. The lowest BCUT2D eigenvalue weighted by molar-refractivity contribution is 0.263. The van der Waals surface area contributed by atoms with E-state index in [4.69, 9.17) is 0 Å². The van der Waals surface area contributed by atoms with Crippen LogP contribution in [-0.2, 0) is 7.05 Å². The zero-order valence-electron chi connectivity index (χ0n) is 12.6. The number of aryl methyl sites for hydroxylation is 1. The van der Waals surface area contributed by atoms with E-state index in [1.165, 1.54) is 48.3 Å². The van der Waals surface area contributed by atoms with Crippen molar-refractivity contribution in [3.8, 4) is 11.1 Å². The van der Waals surface area contributed by atoms with Crippen LogP contribution in [0.4, 0.5) is 0 Å². The molecular formula is C17H23N3. The molecule has 3 rings (SSSR count). The van der Waals surface area contributed by atoms with E-state index in [0.29, 0.717) is 6.04 Å². The molecule has 1 saturated heterocycles. The Bertz CT molecular complexity index is 577. The lowest BCUT2D eigenvalue weighted by Gasteiger charge is -2.24. The Morgan fingerprint density at radius 2 is 1.75 bits per heavy atom.